The molecule has 0 saturated heterocycles. The quantitative estimate of drug-likeness (QED) is 0.319. The number of halogens is 1. The van der Waals surface area contributed by atoms with Gasteiger partial charge in [-0.25, -0.2) is 14.8 Å². The van der Waals surface area contributed by atoms with Crippen molar-refractivity contribution in [2.24, 2.45) is 10.2 Å². The number of para-hydroxylation sites is 1. The molecule has 3 aromatic rings. The lowest BCUT2D eigenvalue weighted by Gasteiger charge is -2.43. The van der Waals surface area contributed by atoms with Crippen LogP contribution in [0.4, 0.5) is 11.4 Å². The van der Waals surface area contributed by atoms with Gasteiger partial charge in [-0.1, -0.05) is 65.3 Å². The average Bonchev–Trinajstić information content (AvgIpc) is 3.30. The van der Waals surface area contributed by atoms with Gasteiger partial charge >= 0.3 is 5.97 Å². The Kier molecular flexibility index (Phi) is 6.98. The fourth-order valence-corrected chi connectivity index (χ4v) is 5.47. The lowest BCUT2D eigenvalue weighted by Crippen LogP contribution is -2.53. The minimum atomic E-state index is -0.940. The van der Waals surface area contributed by atoms with Crippen molar-refractivity contribution in [3.63, 3.8) is 0 Å². The predicted molar refractivity (Wildman–Crippen MR) is 151 cm³/mol. The SMILES string of the molecule is CCOC(=O)C1=NN(c2ccc(Br)cc2)[C@]2(C=CC(c3ccc(CC)cc3)=NN2c2ccccc2)S1. The van der Waals surface area contributed by atoms with Crippen LogP contribution in [-0.4, -0.2) is 28.3 Å². The van der Waals surface area contributed by atoms with Crippen molar-refractivity contribution in [3.05, 3.63) is 107 Å². The Bertz CT molecular complexity index is 1340. The third kappa shape index (κ3) is 4.58. The zero-order valence-corrected chi connectivity index (χ0v) is 22.4. The molecular formula is C28H25BrN4O2S. The van der Waals surface area contributed by atoms with Crippen molar-refractivity contribution in [1.29, 1.82) is 0 Å². The number of allylic oxidation sites excluding steroid dienone is 1. The van der Waals surface area contributed by atoms with E-state index >= 15 is 0 Å². The van der Waals surface area contributed by atoms with Crippen LogP contribution in [-0.2, 0) is 16.0 Å². The van der Waals surface area contributed by atoms with Crippen molar-refractivity contribution >= 4 is 55.8 Å². The number of hydrazone groups is 2. The second-order valence-electron chi connectivity index (χ2n) is 8.19. The van der Waals surface area contributed by atoms with Crippen LogP contribution in [0.1, 0.15) is 25.0 Å². The standard InChI is InChI=1S/C28H25BrN4O2S/c1-3-20-10-12-21(13-11-20)25-18-19-28(32(30-25)23-8-6-5-7-9-23)33(24-16-14-22(29)15-17-24)31-26(36-28)27(34)35-4-2/h5-19H,3-4H2,1-2H3/t28-/m1/s1. The van der Waals surface area contributed by atoms with Gasteiger partial charge in [0.15, 0.2) is 0 Å². The van der Waals surface area contributed by atoms with E-state index < -0.39 is 11.0 Å². The Hall–Kier alpha value is -3.36. The maximum absolute atomic E-state index is 12.8. The van der Waals surface area contributed by atoms with E-state index in [-0.39, 0.29) is 11.7 Å². The number of carbonyl (C=O) groups excluding carboxylic acids is 1. The zero-order chi connectivity index (χ0) is 25.1. The van der Waals surface area contributed by atoms with Gasteiger partial charge in [0.25, 0.3) is 0 Å². The number of hydrogen-bond donors (Lipinski definition) is 0. The van der Waals surface area contributed by atoms with Crippen LogP contribution in [0.5, 0.6) is 0 Å². The van der Waals surface area contributed by atoms with E-state index in [4.69, 9.17) is 14.9 Å². The van der Waals surface area contributed by atoms with E-state index in [0.29, 0.717) is 0 Å². The highest BCUT2D eigenvalue weighted by Gasteiger charge is 2.51. The van der Waals surface area contributed by atoms with Gasteiger partial charge in [-0.15, -0.1) is 0 Å². The molecule has 0 amide bonds. The van der Waals surface area contributed by atoms with Gasteiger partial charge in [0.05, 0.1) is 23.7 Å². The molecule has 0 saturated carbocycles. The highest BCUT2D eigenvalue weighted by atomic mass is 79.9. The Morgan fingerprint density at radius 1 is 0.917 bits per heavy atom. The number of thioether (sulfide) groups is 1. The van der Waals surface area contributed by atoms with Gasteiger partial charge < -0.3 is 4.74 Å². The number of anilines is 2. The minimum absolute atomic E-state index is 0.274. The maximum Gasteiger partial charge on any atom is 0.365 e. The second kappa shape index (κ2) is 10.3. The zero-order valence-electron chi connectivity index (χ0n) is 20.0. The summed E-state index contributed by atoms with van der Waals surface area (Å²) >= 11 is 4.83. The summed E-state index contributed by atoms with van der Waals surface area (Å²) in [5.41, 5.74) is 4.81. The first-order valence-electron chi connectivity index (χ1n) is 11.8. The smallest absolute Gasteiger partial charge is 0.365 e. The number of aryl methyl sites for hydroxylation is 1. The van der Waals surface area contributed by atoms with E-state index in [1.807, 2.05) is 70.7 Å². The summed E-state index contributed by atoms with van der Waals surface area (Å²) in [7, 11) is 0. The van der Waals surface area contributed by atoms with E-state index in [1.165, 1.54) is 17.3 Å². The molecule has 0 radical (unpaired) electrons. The van der Waals surface area contributed by atoms with E-state index in [9.17, 15) is 4.79 Å². The molecule has 0 N–H and O–H groups in total. The first kappa shape index (κ1) is 24.3. The molecule has 2 aliphatic rings. The lowest BCUT2D eigenvalue weighted by atomic mass is 10.0. The van der Waals surface area contributed by atoms with Crippen LogP contribution in [0.15, 0.2) is 106 Å². The minimum Gasteiger partial charge on any atom is -0.461 e. The van der Waals surface area contributed by atoms with Crippen molar-refractivity contribution < 1.29 is 9.53 Å². The molecule has 3 aromatic carbocycles. The summed E-state index contributed by atoms with van der Waals surface area (Å²) < 4.78 is 6.27. The fourth-order valence-electron chi connectivity index (χ4n) is 4.05. The first-order chi connectivity index (χ1) is 17.5. The number of rotatable bonds is 6. The summed E-state index contributed by atoms with van der Waals surface area (Å²) in [5.74, 6) is -0.451. The van der Waals surface area contributed by atoms with Crippen LogP contribution in [0.3, 0.4) is 0 Å². The molecule has 1 spiro atoms. The Morgan fingerprint density at radius 3 is 2.25 bits per heavy atom. The number of hydrogen-bond acceptors (Lipinski definition) is 7. The summed E-state index contributed by atoms with van der Waals surface area (Å²) in [6.07, 6.45) is 5.04. The number of esters is 1. The van der Waals surface area contributed by atoms with Gasteiger partial charge in [-0.05, 0) is 79.2 Å². The summed E-state index contributed by atoms with van der Waals surface area (Å²) in [6.45, 7) is 4.21. The highest BCUT2D eigenvalue weighted by molar-refractivity contribution is 9.10. The molecule has 36 heavy (non-hydrogen) atoms. The number of benzene rings is 3. The second-order valence-corrected chi connectivity index (χ2v) is 10.3. The Morgan fingerprint density at radius 2 is 1.58 bits per heavy atom. The first-order valence-corrected chi connectivity index (χ1v) is 13.4. The normalized spacial score (nSPS) is 18.9. The lowest BCUT2D eigenvalue weighted by molar-refractivity contribution is -0.134. The molecule has 6 nitrogen and oxygen atoms in total. The molecule has 0 aliphatic carbocycles. The third-order valence-electron chi connectivity index (χ3n) is 5.89. The number of carbonyl (C=O) groups is 1. The molecule has 0 aromatic heterocycles. The van der Waals surface area contributed by atoms with Gasteiger partial charge in [0.1, 0.15) is 0 Å². The summed E-state index contributed by atoms with van der Waals surface area (Å²) in [6, 6.07) is 26.2. The van der Waals surface area contributed by atoms with E-state index in [0.717, 1.165) is 33.5 Å². The summed E-state index contributed by atoms with van der Waals surface area (Å²) in [5, 5.41) is 13.9. The Labute approximate surface area is 223 Å². The molecule has 0 fully saturated rings. The van der Waals surface area contributed by atoms with Crippen LogP contribution in [0.2, 0.25) is 0 Å². The van der Waals surface area contributed by atoms with Crippen molar-refractivity contribution in [2.75, 3.05) is 16.6 Å². The van der Waals surface area contributed by atoms with Crippen LogP contribution < -0.4 is 10.0 Å². The highest BCUT2D eigenvalue weighted by Crippen LogP contribution is 2.48. The average molecular weight is 562 g/mol. The van der Waals surface area contributed by atoms with Gasteiger partial charge in [0.2, 0.25) is 10.0 Å². The number of ether oxygens (including phenoxy) is 1. The van der Waals surface area contributed by atoms with Crippen molar-refractivity contribution in [3.8, 4) is 0 Å². The Balaban J connectivity index is 1.64. The fraction of sp³-hybridized carbons (Fsp3) is 0.179. The van der Waals surface area contributed by atoms with Gasteiger partial charge in [0, 0.05) is 10.0 Å². The molecule has 2 heterocycles. The van der Waals surface area contributed by atoms with Crippen molar-refractivity contribution in [1.82, 2.24) is 0 Å². The predicted octanol–water partition coefficient (Wildman–Crippen LogP) is 6.58. The molecule has 8 heteroatoms. The third-order valence-corrected chi connectivity index (χ3v) is 7.64. The molecular weight excluding hydrogens is 536 g/mol. The van der Waals surface area contributed by atoms with E-state index in [2.05, 4.69) is 53.2 Å². The van der Waals surface area contributed by atoms with E-state index in [1.54, 1.807) is 6.92 Å². The topological polar surface area (TPSA) is 57.5 Å². The van der Waals surface area contributed by atoms with Gasteiger partial charge in [-0.2, -0.15) is 10.2 Å². The molecule has 182 valence electrons. The number of nitrogens with zero attached hydrogens (tertiary/aromatic N) is 4. The largest absolute Gasteiger partial charge is 0.461 e. The molecule has 5 rings (SSSR count). The maximum atomic E-state index is 12.8. The summed E-state index contributed by atoms with van der Waals surface area (Å²) in [4.78, 5) is 11.9. The van der Waals surface area contributed by atoms with Crippen LogP contribution >= 0.6 is 27.7 Å². The van der Waals surface area contributed by atoms with Crippen LogP contribution in [0.25, 0.3) is 0 Å². The molecule has 1 atom stereocenters. The van der Waals surface area contributed by atoms with Crippen LogP contribution in [0, 0.1) is 0 Å². The molecule has 0 bridgehead atoms. The van der Waals surface area contributed by atoms with Crippen molar-refractivity contribution in [2.45, 2.75) is 25.3 Å². The van der Waals surface area contributed by atoms with Gasteiger partial charge in [-0.3, -0.25) is 0 Å². The monoisotopic (exact) mass is 560 g/mol. The molecule has 0 unspecified atom stereocenters. The molecule has 2 aliphatic heterocycles.